The average Bonchev–Trinajstić information content (AvgIpc) is 3.09. The van der Waals surface area contributed by atoms with E-state index in [1.807, 2.05) is 19.1 Å². The van der Waals surface area contributed by atoms with Crippen molar-refractivity contribution in [2.24, 2.45) is 11.8 Å². The van der Waals surface area contributed by atoms with Crippen molar-refractivity contribution in [3.63, 3.8) is 0 Å². The molecule has 3 atom stereocenters. The molecule has 0 radical (unpaired) electrons. The first-order valence-electron chi connectivity index (χ1n) is 12.2. The molecule has 1 aliphatic carbocycles. The van der Waals surface area contributed by atoms with E-state index in [1.54, 1.807) is 7.11 Å². The Balaban J connectivity index is 1.68. The SMILES string of the molecule is COc1cc(C)[nH]c(=O)c1CCC(=O)c1c(C)n(C(C)C2CCCCC2C)c2ccccc12. The van der Waals surface area contributed by atoms with Gasteiger partial charge >= 0.3 is 0 Å². The van der Waals surface area contributed by atoms with Crippen molar-refractivity contribution >= 4 is 16.7 Å². The van der Waals surface area contributed by atoms with E-state index in [0.29, 0.717) is 35.6 Å². The zero-order valence-corrected chi connectivity index (χ0v) is 20.5. The number of nitrogens with one attached hydrogen (secondary N) is 1. The van der Waals surface area contributed by atoms with Crippen molar-refractivity contribution in [3.8, 4) is 5.75 Å². The third kappa shape index (κ3) is 4.38. The summed E-state index contributed by atoms with van der Waals surface area (Å²) in [6, 6.07) is 10.4. The molecule has 5 nitrogen and oxygen atoms in total. The summed E-state index contributed by atoms with van der Waals surface area (Å²) in [6.07, 6.45) is 5.76. The third-order valence-corrected chi connectivity index (χ3v) is 7.69. The zero-order chi connectivity index (χ0) is 23.7. The molecule has 176 valence electrons. The Morgan fingerprint density at radius 2 is 1.94 bits per heavy atom. The van der Waals surface area contributed by atoms with Gasteiger partial charge in [0.05, 0.1) is 12.7 Å². The van der Waals surface area contributed by atoms with Crippen molar-refractivity contribution < 1.29 is 9.53 Å². The van der Waals surface area contributed by atoms with E-state index in [-0.39, 0.29) is 17.8 Å². The van der Waals surface area contributed by atoms with E-state index in [2.05, 4.69) is 48.5 Å². The lowest BCUT2D eigenvalue weighted by molar-refractivity contribution is 0.0983. The van der Waals surface area contributed by atoms with Gasteiger partial charge in [0.15, 0.2) is 5.78 Å². The number of nitrogens with zero attached hydrogens (tertiary/aromatic N) is 1. The van der Waals surface area contributed by atoms with Crippen molar-refractivity contribution in [3.05, 3.63) is 63.2 Å². The lowest BCUT2D eigenvalue weighted by Crippen LogP contribution is -2.26. The summed E-state index contributed by atoms with van der Waals surface area (Å²) in [5.74, 6) is 1.93. The van der Waals surface area contributed by atoms with Gasteiger partial charge in [-0.05, 0) is 57.6 Å². The highest BCUT2D eigenvalue weighted by atomic mass is 16.5. The number of aromatic nitrogens is 2. The molecule has 1 aliphatic rings. The topological polar surface area (TPSA) is 64.1 Å². The molecule has 5 heteroatoms. The number of hydrogen-bond acceptors (Lipinski definition) is 3. The number of H-pyrrole nitrogens is 1. The van der Waals surface area contributed by atoms with Crippen LogP contribution in [0.15, 0.2) is 35.1 Å². The fourth-order valence-electron chi connectivity index (χ4n) is 5.99. The number of ether oxygens (including phenoxy) is 1. The maximum absolute atomic E-state index is 13.5. The number of aromatic amines is 1. The summed E-state index contributed by atoms with van der Waals surface area (Å²) >= 11 is 0. The summed E-state index contributed by atoms with van der Waals surface area (Å²) in [4.78, 5) is 28.9. The molecule has 2 aromatic heterocycles. The molecule has 1 saturated carbocycles. The molecule has 33 heavy (non-hydrogen) atoms. The van der Waals surface area contributed by atoms with Crippen LogP contribution in [0.1, 0.15) is 79.3 Å². The van der Waals surface area contributed by atoms with Crippen LogP contribution in [0.2, 0.25) is 0 Å². The highest BCUT2D eigenvalue weighted by Gasteiger charge is 2.31. The molecule has 3 aromatic rings. The minimum absolute atomic E-state index is 0.0772. The average molecular weight is 449 g/mol. The lowest BCUT2D eigenvalue weighted by atomic mass is 9.76. The maximum atomic E-state index is 13.5. The highest BCUT2D eigenvalue weighted by Crippen LogP contribution is 2.40. The van der Waals surface area contributed by atoms with E-state index in [9.17, 15) is 9.59 Å². The first-order chi connectivity index (χ1) is 15.8. The molecule has 0 saturated heterocycles. The fraction of sp³-hybridized carbons (Fsp3) is 0.500. The number of methoxy groups -OCH3 is 1. The second kappa shape index (κ2) is 9.58. The zero-order valence-electron chi connectivity index (χ0n) is 20.5. The van der Waals surface area contributed by atoms with Crippen LogP contribution in [0.3, 0.4) is 0 Å². The number of pyridine rings is 1. The van der Waals surface area contributed by atoms with Crippen LogP contribution in [-0.2, 0) is 6.42 Å². The van der Waals surface area contributed by atoms with E-state index < -0.39 is 0 Å². The Morgan fingerprint density at radius 3 is 2.67 bits per heavy atom. The van der Waals surface area contributed by atoms with Crippen molar-refractivity contribution in [2.75, 3.05) is 7.11 Å². The van der Waals surface area contributed by atoms with Crippen LogP contribution in [0.25, 0.3) is 10.9 Å². The molecule has 2 heterocycles. The van der Waals surface area contributed by atoms with Crippen LogP contribution >= 0.6 is 0 Å². The van der Waals surface area contributed by atoms with E-state index in [4.69, 9.17) is 4.74 Å². The second-order valence-electron chi connectivity index (χ2n) is 9.77. The van der Waals surface area contributed by atoms with Crippen LogP contribution in [0.4, 0.5) is 0 Å². The van der Waals surface area contributed by atoms with Crippen LogP contribution in [0, 0.1) is 25.7 Å². The number of rotatable bonds is 7. The smallest absolute Gasteiger partial charge is 0.255 e. The van der Waals surface area contributed by atoms with Gasteiger partial charge in [-0.25, -0.2) is 0 Å². The Kier molecular flexibility index (Phi) is 6.78. The standard InChI is InChI=1S/C28H36N2O3/c1-17-10-6-7-11-21(17)19(3)30-20(4)27(22-12-8-9-13-24(22)30)25(31)15-14-23-26(33-5)16-18(2)29-28(23)32/h8-9,12-13,16-17,19,21H,6-7,10-11,14-15H2,1-5H3,(H,29,32). The van der Waals surface area contributed by atoms with Gasteiger partial charge in [0.25, 0.3) is 5.56 Å². The number of benzene rings is 1. The first kappa shape index (κ1) is 23.3. The number of carbonyl (C=O) groups is 1. The highest BCUT2D eigenvalue weighted by molar-refractivity contribution is 6.09. The summed E-state index contributed by atoms with van der Waals surface area (Å²) in [5.41, 5.74) is 4.06. The molecule has 0 amide bonds. The van der Waals surface area contributed by atoms with Gasteiger partial charge in [-0.15, -0.1) is 0 Å². The van der Waals surface area contributed by atoms with Crippen molar-refractivity contribution in [1.82, 2.24) is 9.55 Å². The van der Waals surface area contributed by atoms with Crippen molar-refractivity contribution in [2.45, 2.75) is 72.3 Å². The van der Waals surface area contributed by atoms with Gasteiger partial charge in [-0.1, -0.05) is 44.4 Å². The lowest BCUT2D eigenvalue weighted by Gasteiger charge is -2.35. The fourth-order valence-corrected chi connectivity index (χ4v) is 5.99. The normalized spacial score (nSPS) is 19.5. The van der Waals surface area contributed by atoms with Gasteiger partial charge in [0.1, 0.15) is 5.75 Å². The summed E-state index contributed by atoms with van der Waals surface area (Å²) < 4.78 is 7.81. The third-order valence-electron chi connectivity index (χ3n) is 7.69. The summed E-state index contributed by atoms with van der Waals surface area (Å²) in [6.45, 7) is 8.60. The second-order valence-corrected chi connectivity index (χ2v) is 9.77. The quantitative estimate of drug-likeness (QED) is 0.440. The van der Waals surface area contributed by atoms with Crippen LogP contribution in [-0.4, -0.2) is 22.4 Å². The number of hydrogen-bond donors (Lipinski definition) is 1. The molecule has 1 N–H and O–H groups in total. The molecular weight excluding hydrogens is 412 g/mol. The number of carbonyl (C=O) groups excluding carboxylic acids is 1. The van der Waals surface area contributed by atoms with Gasteiger partial charge in [0.2, 0.25) is 0 Å². The Bertz CT molecular complexity index is 1220. The minimum atomic E-state index is -0.182. The van der Waals surface area contributed by atoms with E-state index >= 15 is 0 Å². The summed E-state index contributed by atoms with van der Waals surface area (Å²) in [5, 5.41) is 1.01. The van der Waals surface area contributed by atoms with Gasteiger partial charge < -0.3 is 14.3 Å². The molecule has 1 fully saturated rings. The van der Waals surface area contributed by atoms with Crippen LogP contribution in [0.5, 0.6) is 5.75 Å². The van der Waals surface area contributed by atoms with Gasteiger partial charge in [-0.3, -0.25) is 9.59 Å². The monoisotopic (exact) mass is 448 g/mol. The van der Waals surface area contributed by atoms with Gasteiger partial charge in [-0.2, -0.15) is 0 Å². The molecular formula is C28H36N2O3. The first-order valence-corrected chi connectivity index (χ1v) is 12.2. The Labute approximate surface area is 196 Å². The molecule has 0 aliphatic heterocycles. The molecule has 4 rings (SSSR count). The van der Waals surface area contributed by atoms with E-state index in [1.165, 1.54) is 25.7 Å². The molecule has 3 unspecified atom stereocenters. The van der Waals surface area contributed by atoms with E-state index in [0.717, 1.165) is 27.9 Å². The molecule has 0 spiro atoms. The Hall–Kier alpha value is -2.82. The number of aryl methyl sites for hydroxylation is 1. The van der Waals surface area contributed by atoms with Crippen LogP contribution < -0.4 is 10.3 Å². The predicted octanol–water partition coefficient (Wildman–Crippen LogP) is 6.16. The number of ketones is 1. The summed E-state index contributed by atoms with van der Waals surface area (Å²) in [7, 11) is 1.56. The molecule has 1 aromatic carbocycles. The van der Waals surface area contributed by atoms with Crippen molar-refractivity contribution in [1.29, 1.82) is 0 Å². The minimum Gasteiger partial charge on any atom is -0.496 e. The maximum Gasteiger partial charge on any atom is 0.255 e. The predicted molar refractivity (Wildman–Crippen MR) is 134 cm³/mol. The molecule has 0 bridgehead atoms. The Morgan fingerprint density at radius 1 is 1.21 bits per heavy atom. The number of fused-ring (bicyclic) bond motifs is 1. The van der Waals surface area contributed by atoms with Gasteiger partial charge in [0, 0.05) is 40.3 Å². The number of para-hydroxylation sites is 1. The largest absolute Gasteiger partial charge is 0.496 e. The number of Topliss-reactive ketones (excluding diaryl/α,β-unsaturated/α-hetero) is 1.